The Kier molecular flexibility index (Phi) is 29.6. The van der Waals surface area contributed by atoms with Gasteiger partial charge in [0.25, 0.3) is 0 Å². The van der Waals surface area contributed by atoms with Gasteiger partial charge >= 0.3 is 11.9 Å². The molecule has 0 saturated carbocycles. The Labute approximate surface area is 456 Å². The average Bonchev–Trinajstić information content (AvgIpc) is 3.37. The van der Waals surface area contributed by atoms with Crippen LogP contribution in [0.25, 0.3) is 0 Å². The van der Waals surface area contributed by atoms with Gasteiger partial charge in [0.1, 0.15) is 36.4 Å². The first-order chi connectivity index (χ1) is 36.7. The van der Waals surface area contributed by atoms with Crippen molar-refractivity contribution in [3.05, 3.63) is 85.1 Å². The number of ether oxygens (including phenoxy) is 5. The lowest BCUT2D eigenvalue weighted by Crippen LogP contribution is -2.64. The number of aliphatic hydroxyl groups excluding tert-OH is 13. The Morgan fingerprint density at radius 3 is 1.86 bits per heavy atom. The van der Waals surface area contributed by atoms with E-state index in [-0.39, 0.29) is 31.6 Å². The number of likely N-dealkylation sites (N-methyl/N-ethyl adjacent to an activating group) is 1. The molecule has 0 aromatic rings. The maximum atomic E-state index is 13.3. The third-order valence-corrected chi connectivity index (χ3v) is 14.3. The minimum atomic E-state index is -2.38. The zero-order valence-corrected chi connectivity index (χ0v) is 45.3. The van der Waals surface area contributed by atoms with Crippen LogP contribution >= 0.6 is 0 Å². The van der Waals surface area contributed by atoms with Crippen LogP contribution in [-0.4, -0.2) is 237 Å². The number of esters is 2. The van der Waals surface area contributed by atoms with Crippen molar-refractivity contribution in [2.24, 2.45) is 17.8 Å². The summed E-state index contributed by atoms with van der Waals surface area (Å²) >= 11 is 0. The Bertz CT molecular complexity index is 2030. The van der Waals surface area contributed by atoms with Crippen LogP contribution in [0.4, 0.5) is 0 Å². The van der Waals surface area contributed by atoms with E-state index >= 15 is 0 Å². The Hall–Kier alpha value is -3.93. The molecule has 0 spiro atoms. The molecule has 444 valence electrons. The van der Waals surface area contributed by atoms with Gasteiger partial charge in [-0.15, -0.1) is 0 Å². The third-order valence-electron chi connectivity index (χ3n) is 14.3. The molecule has 3 aliphatic rings. The van der Waals surface area contributed by atoms with E-state index in [9.17, 15) is 85.9 Å². The molecule has 2 bridgehead atoms. The number of methoxy groups -OCH3 is 1. The fraction of sp³-hybridized carbons (Fsp3) is 0.691. The molecule has 0 radical (unpaired) electrons. The van der Waals surface area contributed by atoms with Gasteiger partial charge in [-0.25, -0.2) is 0 Å². The molecular weight excluding hydrogens is 1030 g/mol. The van der Waals surface area contributed by atoms with Gasteiger partial charge in [-0.05, 0) is 40.2 Å². The molecule has 0 aliphatic carbocycles. The summed E-state index contributed by atoms with van der Waals surface area (Å²) < 4.78 is 28.8. The maximum absolute atomic E-state index is 13.3. The van der Waals surface area contributed by atoms with E-state index in [1.807, 2.05) is 6.92 Å². The van der Waals surface area contributed by atoms with Gasteiger partial charge in [-0.3, -0.25) is 19.3 Å². The van der Waals surface area contributed by atoms with Gasteiger partial charge in [0, 0.05) is 37.5 Å². The van der Waals surface area contributed by atoms with Crippen LogP contribution < -0.4 is 0 Å². The molecule has 3 heterocycles. The van der Waals surface area contributed by atoms with Crippen LogP contribution in [-0.2, 0) is 38.1 Å². The Morgan fingerprint density at radius 2 is 1.28 bits per heavy atom. The molecule has 2 saturated heterocycles. The Balaban J connectivity index is 1.97. The van der Waals surface area contributed by atoms with E-state index in [0.29, 0.717) is 0 Å². The number of fused-ring (bicyclic) bond motifs is 2. The van der Waals surface area contributed by atoms with Crippen molar-refractivity contribution >= 4 is 17.7 Å². The van der Waals surface area contributed by atoms with Gasteiger partial charge in [0.05, 0.1) is 99.9 Å². The minimum absolute atomic E-state index is 0.138. The number of hydrogen-bond donors (Lipinski definition) is 14. The van der Waals surface area contributed by atoms with Crippen LogP contribution in [0.15, 0.2) is 85.1 Å². The molecule has 3 aliphatic heterocycles. The zero-order valence-electron chi connectivity index (χ0n) is 45.3. The minimum Gasteiger partial charge on any atom is -0.469 e. The van der Waals surface area contributed by atoms with Crippen molar-refractivity contribution in [3.8, 4) is 0 Å². The monoisotopic (exact) mass is 1110 g/mol. The number of Topliss-reactive ketones (excluding diaryl/α,β-unsaturated/α-hetero) is 1. The molecule has 78 heavy (non-hydrogen) atoms. The molecule has 23 nitrogen and oxygen atoms in total. The highest BCUT2D eigenvalue weighted by molar-refractivity contribution is 5.85. The number of cyclic esters (lactones) is 1. The standard InChI is InChI=1S/C55H87NO22/c1-31-19-17-15-13-11-9-7-8-10-12-14-16-18-20-38(77-54-52(71)47(49(68)34(4)76-54)56(5)29-42(64)50(69)51(70)43(65)30-57)26-44-46(53(72)74-6)41(63)28-55(73,78-44)27-37(60)24-40(62)39(61)22-21-35(58)23-36(59)25-45(66)75-33(3)32(2)48(31)67/h7-20,31-41,43-44,46-52,54,57-63,65,67-71,73H,21-30H2,1-6H3/b8-7+,11-9+,12-10+,15-13+,16-14+,19-17+,20-18+/t31-,32-,33-,34+,35+,36+,37-,38-,39+,40+,41-,43+,44-,46+,47-,48+,49+,50+,51+,52-,54-,55+/m0/s1. The summed E-state index contributed by atoms with van der Waals surface area (Å²) in [7, 11) is 2.40. The summed E-state index contributed by atoms with van der Waals surface area (Å²) in [4.78, 5) is 40.1. The topological polar surface area (TPSA) is 384 Å². The van der Waals surface area contributed by atoms with Gasteiger partial charge in [0.15, 0.2) is 17.9 Å². The van der Waals surface area contributed by atoms with Crippen molar-refractivity contribution in [2.45, 2.75) is 195 Å². The normalized spacial score (nSPS) is 41.2. The second-order valence-electron chi connectivity index (χ2n) is 20.7. The summed E-state index contributed by atoms with van der Waals surface area (Å²) in [5, 5.41) is 151. The zero-order chi connectivity index (χ0) is 58.4. The summed E-state index contributed by atoms with van der Waals surface area (Å²) in [6.45, 7) is 5.00. The number of carbonyl (C=O) groups excluding carboxylic acids is 3. The second-order valence-corrected chi connectivity index (χ2v) is 20.7. The summed E-state index contributed by atoms with van der Waals surface area (Å²) in [5.41, 5.74) is 0. The lowest BCUT2D eigenvalue weighted by Gasteiger charge is -2.47. The fourth-order valence-electron chi connectivity index (χ4n) is 9.51. The van der Waals surface area contributed by atoms with Gasteiger partial charge < -0.3 is 95.2 Å². The largest absolute Gasteiger partial charge is 0.469 e. The highest BCUT2D eigenvalue weighted by atomic mass is 16.7. The number of ketones is 1. The highest BCUT2D eigenvalue weighted by Gasteiger charge is 2.52. The molecule has 0 aromatic heterocycles. The first-order valence-corrected chi connectivity index (χ1v) is 26.4. The summed E-state index contributed by atoms with van der Waals surface area (Å²) in [5.74, 6) is -7.36. The predicted molar refractivity (Wildman–Crippen MR) is 280 cm³/mol. The first kappa shape index (κ1) is 68.3. The maximum Gasteiger partial charge on any atom is 0.313 e. The van der Waals surface area contributed by atoms with E-state index in [2.05, 4.69) is 0 Å². The molecule has 23 heteroatoms. The quantitative estimate of drug-likeness (QED) is 0.110. The number of allylic oxidation sites excluding steroid dienone is 12. The van der Waals surface area contributed by atoms with Crippen LogP contribution in [0.5, 0.6) is 0 Å². The SMILES string of the molecule is COC(=O)[C@H]1[C@@H]2C[C@@H](O[C@@H]3O[C@H](C)[C@@H](O)[C@H](N(C)CC(=O)[C@@H](O)[C@H](O)[C@H](O)CO)[C@@H]3O)/C=C/C=C/C=C/C=C/C=C/C=C/C=C/[C@H](C)[C@@H](O)[C@@H](C)[C@H](C)OC(=O)C[C@H](O)C[C@H](O)CC[C@@H](O)[C@H](O)C[C@H](O)C[C@](O)(C[C@@H]1O)O2. The van der Waals surface area contributed by atoms with E-state index < -0.39 is 184 Å². The van der Waals surface area contributed by atoms with E-state index in [1.54, 1.807) is 92.8 Å². The predicted octanol–water partition coefficient (Wildman–Crippen LogP) is -1.58. The third kappa shape index (κ3) is 21.9. The van der Waals surface area contributed by atoms with Gasteiger partial charge in [0.2, 0.25) is 0 Å². The molecular formula is C55H87NO22. The van der Waals surface area contributed by atoms with Crippen LogP contribution in [0.3, 0.4) is 0 Å². The highest BCUT2D eigenvalue weighted by Crippen LogP contribution is 2.39. The molecule has 0 unspecified atom stereocenters. The smallest absolute Gasteiger partial charge is 0.313 e. The number of rotatable bonds is 10. The van der Waals surface area contributed by atoms with Crippen molar-refractivity contribution < 1.29 is 110 Å². The molecule has 3 rings (SSSR count). The number of nitrogens with zero attached hydrogens (tertiary/aromatic N) is 1. The Morgan fingerprint density at radius 1 is 0.705 bits per heavy atom. The van der Waals surface area contributed by atoms with Crippen molar-refractivity contribution in [3.63, 3.8) is 0 Å². The molecule has 0 aromatic carbocycles. The molecule has 14 N–H and O–H groups in total. The van der Waals surface area contributed by atoms with Crippen molar-refractivity contribution in [1.29, 1.82) is 0 Å². The fourth-order valence-corrected chi connectivity index (χ4v) is 9.51. The molecule has 2 fully saturated rings. The van der Waals surface area contributed by atoms with Gasteiger partial charge in [-0.1, -0.05) is 98.9 Å². The first-order valence-electron chi connectivity index (χ1n) is 26.4. The van der Waals surface area contributed by atoms with Gasteiger partial charge in [-0.2, -0.15) is 0 Å². The van der Waals surface area contributed by atoms with Crippen LogP contribution in [0.1, 0.15) is 79.1 Å². The van der Waals surface area contributed by atoms with Crippen LogP contribution in [0.2, 0.25) is 0 Å². The van der Waals surface area contributed by atoms with E-state index in [1.165, 1.54) is 24.9 Å². The number of carbonyl (C=O) groups is 3. The van der Waals surface area contributed by atoms with E-state index in [0.717, 1.165) is 7.11 Å². The van der Waals surface area contributed by atoms with Crippen molar-refractivity contribution in [1.82, 2.24) is 4.90 Å². The average molecular weight is 1110 g/mol. The lowest BCUT2D eigenvalue weighted by atomic mass is 9.82. The molecule has 0 amide bonds. The van der Waals surface area contributed by atoms with Crippen LogP contribution in [0, 0.1) is 17.8 Å². The molecule has 22 atom stereocenters. The summed E-state index contributed by atoms with van der Waals surface area (Å²) in [6.07, 6.45) is -4.51. The number of aliphatic hydroxyl groups is 14. The second kappa shape index (κ2) is 33.7. The lowest BCUT2D eigenvalue weighted by molar-refractivity contribution is -0.312. The summed E-state index contributed by atoms with van der Waals surface area (Å²) in [6, 6.07) is -1.33. The van der Waals surface area contributed by atoms with E-state index in [4.69, 9.17) is 23.7 Å². The number of hydrogen-bond acceptors (Lipinski definition) is 23. The van der Waals surface area contributed by atoms with Crippen molar-refractivity contribution in [2.75, 3.05) is 27.3 Å².